The van der Waals surface area contributed by atoms with Gasteiger partial charge in [0.05, 0.1) is 0 Å². The largest absolute Gasteiger partial charge is 0.304 e. The SMILES string of the molecule is O=S(O)(=S)C(I)I. The van der Waals surface area contributed by atoms with Crippen molar-refractivity contribution in [3.8, 4) is 0 Å². The second-order valence-corrected chi connectivity index (χ2v) is 10.3. The molecule has 1 N–H and O–H groups in total. The van der Waals surface area contributed by atoms with Gasteiger partial charge in [0.25, 0.3) is 0 Å². The highest BCUT2D eigenvalue weighted by atomic mass is 127. The smallest absolute Gasteiger partial charge is 0.163 e. The maximum atomic E-state index is 10.2. The highest BCUT2D eigenvalue weighted by Crippen LogP contribution is 2.15. The van der Waals surface area contributed by atoms with Crippen molar-refractivity contribution >= 4 is 65.1 Å². The molecule has 0 aromatic rings. The van der Waals surface area contributed by atoms with Crippen molar-refractivity contribution in [3.63, 3.8) is 0 Å². The number of hydrogen-bond donors (Lipinski definition) is 1. The third-order valence-corrected chi connectivity index (χ3v) is 7.46. The number of alkyl halides is 2. The van der Waals surface area contributed by atoms with Crippen LogP contribution in [0.3, 0.4) is 0 Å². The van der Waals surface area contributed by atoms with Crippen LogP contribution >= 0.6 is 45.2 Å². The van der Waals surface area contributed by atoms with Crippen molar-refractivity contribution in [1.29, 1.82) is 0 Å². The van der Waals surface area contributed by atoms with Crippen molar-refractivity contribution in [2.75, 3.05) is 0 Å². The zero-order chi connectivity index (χ0) is 6.08. The van der Waals surface area contributed by atoms with E-state index in [4.69, 9.17) is 4.55 Å². The van der Waals surface area contributed by atoms with Crippen LogP contribution in [0.2, 0.25) is 0 Å². The third-order valence-electron chi connectivity index (χ3n) is 0.225. The van der Waals surface area contributed by atoms with Gasteiger partial charge >= 0.3 is 0 Å². The Balaban J connectivity index is 4.10. The molecule has 0 radical (unpaired) electrons. The fourth-order valence-corrected chi connectivity index (χ4v) is 0. The van der Waals surface area contributed by atoms with E-state index in [0.29, 0.717) is 0 Å². The summed E-state index contributed by atoms with van der Waals surface area (Å²) in [6.07, 6.45) is 0. The molecule has 6 heteroatoms. The van der Waals surface area contributed by atoms with E-state index < -0.39 is 8.77 Å². The van der Waals surface area contributed by atoms with Crippen molar-refractivity contribution in [2.24, 2.45) is 0 Å². The standard InChI is InChI=1S/CH2I2O2S2/c2-1(3)7(4,5)6/h1H,(H,4,5,6). The highest BCUT2D eigenvalue weighted by Gasteiger charge is 2.08. The first-order valence-electron chi connectivity index (χ1n) is 1.19. The molecular weight excluding hydrogens is 362 g/mol. The van der Waals surface area contributed by atoms with Gasteiger partial charge < -0.3 is 4.55 Å². The van der Waals surface area contributed by atoms with E-state index in [0.717, 1.165) is 0 Å². The van der Waals surface area contributed by atoms with Crippen LogP contribution in [0, 0.1) is 0 Å². The Kier molecular flexibility index (Phi) is 3.87. The zero-order valence-electron chi connectivity index (χ0n) is 3.01. The molecule has 7 heavy (non-hydrogen) atoms. The maximum absolute atomic E-state index is 10.2. The molecule has 0 saturated carbocycles. The molecule has 0 aliphatic heterocycles. The second kappa shape index (κ2) is 3.08. The van der Waals surface area contributed by atoms with Gasteiger partial charge in [-0.3, -0.25) is 0 Å². The van der Waals surface area contributed by atoms with Gasteiger partial charge in [-0.1, -0.05) is 45.2 Å². The molecule has 0 heterocycles. The van der Waals surface area contributed by atoms with E-state index in [-0.39, 0.29) is 1.26 Å². The van der Waals surface area contributed by atoms with Crippen LogP contribution < -0.4 is 0 Å². The second-order valence-electron chi connectivity index (χ2n) is 0.776. The van der Waals surface area contributed by atoms with E-state index >= 15 is 0 Å². The Hall–Kier alpha value is 1.79. The lowest BCUT2D eigenvalue weighted by Gasteiger charge is -1.94. The molecule has 2 nitrogen and oxygen atoms in total. The topological polar surface area (TPSA) is 37.3 Å². The fourth-order valence-electron chi connectivity index (χ4n) is 0. The van der Waals surface area contributed by atoms with Crippen molar-refractivity contribution in [3.05, 3.63) is 0 Å². The summed E-state index contributed by atoms with van der Waals surface area (Å²) in [5.41, 5.74) is 0. The van der Waals surface area contributed by atoms with E-state index in [1.54, 1.807) is 45.2 Å². The summed E-state index contributed by atoms with van der Waals surface area (Å²) < 4.78 is 18.3. The minimum Gasteiger partial charge on any atom is -0.304 e. The number of halogens is 2. The van der Waals surface area contributed by atoms with Gasteiger partial charge in [0.1, 0.15) is 0 Å². The van der Waals surface area contributed by atoms with Crippen molar-refractivity contribution in [2.45, 2.75) is 1.26 Å². The van der Waals surface area contributed by atoms with Crippen molar-refractivity contribution in [1.82, 2.24) is 0 Å². The maximum Gasteiger partial charge on any atom is 0.163 e. The predicted molar refractivity (Wildman–Crippen MR) is 50.0 cm³/mol. The Bertz CT molecular complexity index is 136. The summed E-state index contributed by atoms with van der Waals surface area (Å²) >= 11 is 7.79. The average molecular weight is 364 g/mol. The van der Waals surface area contributed by atoms with Gasteiger partial charge in [-0.05, 0) is 0 Å². The molecule has 0 saturated heterocycles. The molecule has 0 bridgehead atoms. The Morgan fingerprint density at radius 3 is 1.86 bits per heavy atom. The molecule has 0 amide bonds. The Morgan fingerprint density at radius 1 is 1.71 bits per heavy atom. The predicted octanol–water partition coefficient (Wildman–Crippen LogP) is 1.36. The van der Waals surface area contributed by atoms with Gasteiger partial charge in [0.15, 0.2) is 10.0 Å². The van der Waals surface area contributed by atoms with Crippen LogP contribution in [-0.2, 0) is 20.0 Å². The Morgan fingerprint density at radius 2 is 1.86 bits per heavy atom. The summed E-state index contributed by atoms with van der Waals surface area (Å²) in [6, 6.07) is 0. The minimum atomic E-state index is -2.93. The molecule has 0 aliphatic rings. The lowest BCUT2D eigenvalue weighted by molar-refractivity contribution is 0.567. The molecule has 0 aromatic carbocycles. The molecule has 1 atom stereocenters. The summed E-state index contributed by atoms with van der Waals surface area (Å²) in [7, 11) is -2.93. The van der Waals surface area contributed by atoms with Crippen LogP contribution in [0.15, 0.2) is 0 Å². The minimum absolute atomic E-state index is 0.363. The molecule has 1 unspecified atom stereocenters. The summed E-state index contributed by atoms with van der Waals surface area (Å²) in [4.78, 5) is 0. The quantitative estimate of drug-likeness (QED) is 0.564. The molecule has 0 spiro atoms. The van der Waals surface area contributed by atoms with E-state index in [1.165, 1.54) is 0 Å². The van der Waals surface area contributed by atoms with Crippen LogP contribution in [0.25, 0.3) is 0 Å². The molecule has 0 rings (SSSR count). The van der Waals surface area contributed by atoms with Crippen molar-refractivity contribution < 1.29 is 8.76 Å². The first kappa shape index (κ1) is 8.79. The molecular formula is CH2I2O2S2. The molecule has 0 aromatic heterocycles. The first-order valence-corrected chi connectivity index (χ1v) is 6.18. The lowest BCUT2D eigenvalue weighted by Crippen LogP contribution is -2.02. The van der Waals surface area contributed by atoms with Crippen LogP contribution in [0.4, 0.5) is 0 Å². The van der Waals surface area contributed by atoms with Crippen LogP contribution in [-0.4, -0.2) is 10.0 Å². The molecule has 0 aliphatic carbocycles. The Labute approximate surface area is 74.2 Å². The van der Waals surface area contributed by atoms with E-state index in [1.807, 2.05) is 0 Å². The average Bonchev–Trinajstić information content (AvgIpc) is 1.31. The van der Waals surface area contributed by atoms with Gasteiger partial charge in [-0.15, -0.1) is 0 Å². The normalized spacial score (nSPS) is 19.4. The van der Waals surface area contributed by atoms with Gasteiger partial charge in [0, 0.05) is 11.2 Å². The van der Waals surface area contributed by atoms with E-state index in [2.05, 4.69) is 11.2 Å². The lowest BCUT2D eigenvalue weighted by atomic mass is 11.9. The van der Waals surface area contributed by atoms with Crippen LogP contribution in [0.5, 0.6) is 0 Å². The summed E-state index contributed by atoms with van der Waals surface area (Å²) in [5, 5.41) is 0. The molecule has 0 fully saturated rings. The van der Waals surface area contributed by atoms with Gasteiger partial charge in [-0.2, -0.15) is 0 Å². The monoisotopic (exact) mass is 364 g/mol. The van der Waals surface area contributed by atoms with Gasteiger partial charge in [-0.25, -0.2) is 4.21 Å². The third kappa shape index (κ3) is 4.30. The molecule has 44 valence electrons. The summed E-state index contributed by atoms with van der Waals surface area (Å²) in [6.45, 7) is 0. The summed E-state index contributed by atoms with van der Waals surface area (Å²) in [5.74, 6) is 0. The van der Waals surface area contributed by atoms with Crippen LogP contribution in [0.1, 0.15) is 0 Å². The zero-order valence-corrected chi connectivity index (χ0v) is 8.95. The number of rotatable bonds is 1. The first-order chi connectivity index (χ1) is 2.94. The van der Waals surface area contributed by atoms with E-state index in [9.17, 15) is 4.21 Å². The fraction of sp³-hybridized carbons (Fsp3) is 1.00. The van der Waals surface area contributed by atoms with Gasteiger partial charge in [0.2, 0.25) is 0 Å². The number of hydrogen-bond acceptors (Lipinski definition) is 2. The highest BCUT2D eigenvalue weighted by molar-refractivity contribution is 14.2.